The minimum Gasteiger partial charge on any atom is -0.312 e. The van der Waals surface area contributed by atoms with Gasteiger partial charge in [-0.2, -0.15) is 5.10 Å². The van der Waals surface area contributed by atoms with Gasteiger partial charge in [0.15, 0.2) is 0 Å². The van der Waals surface area contributed by atoms with Crippen LogP contribution in [0.25, 0.3) is 0 Å². The van der Waals surface area contributed by atoms with E-state index in [1.165, 1.54) is 4.31 Å². The normalized spacial score (nSPS) is 15.6. The molecule has 19 heavy (non-hydrogen) atoms. The molecule has 0 radical (unpaired) electrons. The molecule has 0 aliphatic carbocycles. The summed E-state index contributed by atoms with van der Waals surface area (Å²) in [5.41, 5.74) is 0. The summed E-state index contributed by atoms with van der Waals surface area (Å²) < 4.78 is 26.3. The van der Waals surface area contributed by atoms with Crippen molar-refractivity contribution < 1.29 is 8.42 Å². The highest BCUT2D eigenvalue weighted by atomic mass is 32.2. The third-order valence-electron chi connectivity index (χ3n) is 3.27. The van der Waals surface area contributed by atoms with Crippen LogP contribution < -0.4 is 5.32 Å². The quantitative estimate of drug-likeness (QED) is 0.715. The molecule has 0 spiro atoms. The first kappa shape index (κ1) is 16.1. The molecule has 1 N–H and O–H groups in total. The zero-order valence-electron chi connectivity index (χ0n) is 12.1. The molecular weight excluding hydrogens is 264 g/mol. The van der Waals surface area contributed by atoms with Crippen LogP contribution in [0.3, 0.4) is 0 Å². The Morgan fingerprint density at radius 1 is 1.37 bits per heavy atom. The number of sulfonamides is 1. The molecule has 0 aromatic carbocycles. The number of nitrogens with zero attached hydrogens (tertiary/aromatic N) is 3. The van der Waals surface area contributed by atoms with Gasteiger partial charge in [0, 0.05) is 32.5 Å². The van der Waals surface area contributed by atoms with Crippen LogP contribution in [-0.2, 0) is 10.0 Å². The third-order valence-corrected chi connectivity index (χ3v) is 5.18. The van der Waals surface area contributed by atoms with Gasteiger partial charge in [0.1, 0.15) is 0 Å². The predicted octanol–water partition coefficient (Wildman–Crippen LogP) is 0.704. The number of nitrogens with one attached hydrogen (secondary N) is 1. The highest BCUT2D eigenvalue weighted by Gasteiger charge is 2.15. The SMILES string of the molecule is C[C@@H](NCCCS(=O)(=O)N(C)C)[C@H](C)n1cccn1. The molecule has 110 valence electrons. The van der Waals surface area contributed by atoms with Crippen LogP contribution in [0.5, 0.6) is 0 Å². The molecule has 0 fully saturated rings. The van der Waals surface area contributed by atoms with Crippen molar-refractivity contribution in [3.8, 4) is 0 Å². The maximum atomic E-state index is 11.6. The first-order valence-electron chi connectivity index (χ1n) is 6.47. The molecule has 0 aliphatic rings. The van der Waals surface area contributed by atoms with Gasteiger partial charge >= 0.3 is 0 Å². The number of aromatic nitrogens is 2. The van der Waals surface area contributed by atoms with Crippen molar-refractivity contribution >= 4 is 10.0 Å². The second kappa shape index (κ2) is 7.02. The summed E-state index contributed by atoms with van der Waals surface area (Å²) in [6, 6.07) is 2.37. The fraction of sp³-hybridized carbons (Fsp3) is 0.750. The zero-order chi connectivity index (χ0) is 14.5. The van der Waals surface area contributed by atoms with Crippen LogP contribution in [0.1, 0.15) is 26.3 Å². The molecule has 1 rings (SSSR count). The molecule has 1 heterocycles. The summed E-state index contributed by atoms with van der Waals surface area (Å²) in [6.45, 7) is 4.84. The fourth-order valence-corrected chi connectivity index (χ4v) is 2.56. The van der Waals surface area contributed by atoms with Crippen molar-refractivity contribution in [3.05, 3.63) is 18.5 Å². The van der Waals surface area contributed by atoms with E-state index >= 15 is 0 Å². The lowest BCUT2D eigenvalue weighted by Crippen LogP contribution is -2.35. The fourth-order valence-electron chi connectivity index (χ4n) is 1.69. The van der Waals surface area contributed by atoms with Crippen molar-refractivity contribution in [1.29, 1.82) is 0 Å². The van der Waals surface area contributed by atoms with E-state index < -0.39 is 10.0 Å². The zero-order valence-corrected chi connectivity index (χ0v) is 12.9. The van der Waals surface area contributed by atoms with Gasteiger partial charge in [0.05, 0.1) is 11.8 Å². The Hall–Kier alpha value is -0.920. The molecule has 1 aromatic heterocycles. The van der Waals surface area contributed by atoms with Crippen LogP contribution in [0, 0.1) is 0 Å². The van der Waals surface area contributed by atoms with Crippen LogP contribution in [-0.4, -0.2) is 54.9 Å². The van der Waals surface area contributed by atoms with Crippen molar-refractivity contribution in [1.82, 2.24) is 19.4 Å². The first-order chi connectivity index (χ1) is 8.84. The van der Waals surface area contributed by atoms with Crippen molar-refractivity contribution in [2.75, 3.05) is 26.4 Å². The Morgan fingerprint density at radius 3 is 2.58 bits per heavy atom. The maximum absolute atomic E-state index is 11.6. The topological polar surface area (TPSA) is 67.2 Å². The predicted molar refractivity (Wildman–Crippen MR) is 76.5 cm³/mol. The van der Waals surface area contributed by atoms with Crippen molar-refractivity contribution in [2.24, 2.45) is 0 Å². The van der Waals surface area contributed by atoms with Crippen LogP contribution in [0.4, 0.5) is 0 Å². The van der Waals surface area contributed by atoms with Crippen LogP contribution >= 0.6 is 0 Å². The number of hydrogen-bond acceptors (Lipinski definition) is 4. The standard InChI is InChI=1S/C12H24N4O2S/c1-11(12(2)16-9-5-8-14-16)13-7-6-10-19(17,18)15(3)4/h5,8-9,11-13H,6-7,10H2,1-4H3/t11-,12+/m1/s1. The molecule has 2 atom stereocenters. The van der Waals surface area contributed by atoms with Gasteiger partial charge in [0.25, 0.3) is 0 Å². The van der Waals surface area contributed by atoms with Crippen molar-refractivity contribution in [2.45, 2.75) is 32.4 Å². The van der Waals surface area contributed by atoms with E-state index in [9.17, 15) is 8.42 Å². The van der Waals surface area contributed by atoms with Gasteiger partial charge in [-0.3, -0.25) is 4.68 Å². The number of rotatable bonds is 8. The van der Waals surface area contributed by atoms with Gasteiger partial charge in [-0.1, -0.05) is 0 Å². The molecule has 0 amide bonds. The highest BCUT2D eigenvalue weighted by molar-refractivity contribution is 7.89. The Kier molecular flexibility index (Phi) is 5.96. The minimum absolute atomic E-state index is 0.176. The lowest BCUT2D eigenvalue weighted by atomic mass is 10.2. The van der Waals surface area contributed by atoms with E-state index in [-0.39, 0.29) is 17.8 Å². The molecule has 7 heteroatoms. The van der Waals surface area contributed by atoms with Gasteiger partial charge in [-0.15, -0.1) is 0 Å². The third kappa shape index (κ3) is 4.93. The van der Waals surface area contributed by atoms with Crippen molar-refractivity contribution in [3.63, 3.8) is 0 Å². The molecule has 0 unspecified atom stereocenters. The maximum Gasteiger partial charge on any atom is 0.213 e. The van der Waals surface area contributed by atoms with E-state index in [4.69, 9.17) is 0 Å². The first-order valence-corrected chi connectivity index (χ1v) is 8.08. The molecular formula is C12H24N4O2S. The van der Waals surface area contributed by atoms with E-state index in [1.807, 2.05) is 16.9 Å². The van der Waals surface area contributed by atoms with Gasteiger partial charge < -0.3 is 5.32 Å². The molecule has 0 saturated carbocycles. The van der Waals surface area contributed by atoms with Crippen LogP contribution in [0.2, 0.25) is 0 Å². The molecule has 0 saturated heterocycles. The molecule has 0 aliphatic heterocycles. The Morgan fingerprint density at radius 2 is 2.05 bits per heavy atom. The summed E-state index contributed by atoms with van der Waals surface area (Å²) in [6.07, 6.45) is 4.29. The Labute approximate surface area is 115 Å². The molecule has 0 bridgehead atoms. The second-order valence-corrected chi connectivity index (χ2v) is 7.22. The van der Waals surface area contributed by atoms with Gasteiger partial charge in [0.2, 0.25) is 10.0 Å². The Bertz CT molecular complexity index is 456. The summed E-state index contributed by atoms with van der Waals surface area (Å²) in [7, 11) is 0.0376. The summed E-state index contributed by atoms with van der Waals surface area (Å²) >= 11 is 0. The summed E-state index contributed by atoms with van der Waals surface area (Å²) in [5, 5.41) is 7.54. The van der Waals surface area contributed by atoms with E-state index in [1.54, 1.807) is 20.3 Å². The number of hydrogen-bond donors (Lipinski definition) is 1. The smallest absolute Gasteiger partial charge is 0.213 e. The van der Waals surface area contributed by atoms with E-state index in [0.29, 0.717) is 13.0 Å². The van der Waals surface area contributed by atoms with Gasteiger partial charge in [-0.25, -0.2) is 12.7 Å². The largest absolute Gasteiger partial charge is 0.312 e. The second-order valence-electron chi connectivity index (χ2n) is 4.92. The Balaban J connectivity index is 2.30. The summed E-state index contributed by atoms with van der Waals surface area (Å²) in [5.74, 6) is 0.176. The van der Waals surface area contributed by atoms with E-state index in [2.05, 4.69) is 24.3 Å². The molecule has 6 nitrogen and oxygen atoms in total. The van der Waals surface area contributed by atoms with E-state index in [0.717, 1.165) is 0 Å². The monoisotopic (exact) mass is 288 g/mol. The van der Waals surface area contributed by atoms with Gasteiger partial charge in [-0.05, 0) is 32.9 Å². The molecule has 1 aromatic rings. The average Bonchev–Trinajstić information content (AvgIpc) is 2.86. The average molecular weight is 288 g/mol. The summed E-state index contributed by atoms with van der Waals surface area (Å²) in [4.78, 5) is 0. The lowest BCUT2D eigenvalue weighted by molar-refractivity contribution is 0.366. The highest BCUT2D eigenvalue weighted by Crippen LogP contribution is 2.08. The minimum atomic E-state index is -3.08. The lowest BCUT2D eigenvalue weighted by Gasteiger charge is -2.22. The van der Waals surface area contributed by atoms with Crippen LogP contribution in [0.15, 0.2) is 18.5 Å².